The Balaban J connectivity index is 1.83. The van der Waals surface area contributed by atoms with E-state index in [1.807, 2.05) is 23.9 Å². The van der Waals surface area contributed by atoms with Gasteiger partial charge < -0.3 is 10.0 Å². The third-order valence-corrected chi connectivity index (χ3v) is 3.27. The Kier molecular flexibility index (Phi) is 2.96. The van der Waals surface area contributed by atoms with E-state index in [9.17, 15) is 4.79 Å². The molecule has 0 saturated carbocycles. The normalized spacial score (nSPS) is 26.1. The molecule has 16 heavy (non-hydrogen) atoms. The lowest BCUT2D eigenvalue weighted by Crippen LogP contribution is -2.33. The molecule has 1 fully saturated rings. The first-order chi connectivity index (χ1) is 7.60. The fourth-order valence-electron chi connectivity index (χ4n) is 2.10. The lowest BCUT2D eigenvalue weighted by molar-refractivity contribution is -0.147. The van der Waals surface area contributed by atoms with Gasteiger partial charge in [-0.1, -0.05) is 0 Å². The molecule has 5 nitrogen and oxygen atoms in total. The third kappa shape index (κ3) is 2.24. The Morgan fingerprint density at radius 1 is 1.56 bits per heavy atom. The maximum atomic E-state index is 11.1. The summed E-state index contributed by atoms with van der Waals surface area (Å²) in [4.78, 5) is 13.2. The van der Waals surface area contributed by atoms with E-state index >= 15 is 0 Å². The maximum Gasteiger partial charge on any atom is 0.310 e. The summed E-state index contributed by atoms with van der Waals surface area (Å²) in [5.41, 5.74) is -0.565. The Morgan fingerprint density at radius 2 is 2.38 bits per heavy atom. The van der Waals surface area contributed by atoms with Crippen molar-refractivity contribution in [3.05, 3.63) is 18.5 Å². The van der Waals surface area contributed by atoms with Gasteiger partial charge in [0.15, 0.2) is 0 Å². The van der Waals surface area contributed by atoms with Gasteiger partial charge in [-0.15, -0.1) is 0 Å². The number of rotatable bonds is 4. The number of carboxylic acid groups (broad SMARTS) is 1. The minimum absolute atomic E-state index is 0.565. The van der Waals surface area contributed by atoms with Crippen LogP contribution in [0.1, 0.15) is 13.3 Å². The number of nitrogens with zero attached hydrogens (tertiary/aromatic N) is 3. The topological polar surface area (TPSA) is 58.4 Å². The van der Waals surface area contributed by atoms with Crippen LogP contribution < -0.4 is 0 Å². The molecule has 1 aliphatic heterocycles. The second-order valence-electron chi connectivity index (χ2n) is 4.66. The van der Waals surface area contributed by atoms with E-state index in [1.165, 1.54) is 0 Å². The predicted octanol–water partition coefficient (Wildman–Crippen LogP) is 0.680. The second-order valence-corrected chi connectivity index (χ2v) is 4.66. The molecule has 1 N–H and O–H groups in total. The van der Waals surface area contributed by atoms with Gasteiger partial charge in [0.2, 0.25) is 0 Å². The number of aliphatic carboxylic acids is 1. The molecule has 1 unspecified atom stereocenters. The zero-order valence-corrected chi connectivity index (χ0v) is 9.46. The van der Waals surface area contributed by atoms with Crippen LogP contribution in [0.5, 0.6) is 0 Å². The molecule has 0 aromatic carbocycles. The second kappa shape index (κ2) is 4.25. The van der Waals surface area contributed by atoms with Gasteiger partial charge in [-0.2, -0.15) is 5.10 Å². The molecular weight excluding hydrogens is 206 g/mol. The predicted molar refractivity (Wildman–Crippen MR) is 59.0 cm³/mol. The summed E-state index contributed by atoms with van der Waals surface area (Å²) in [6.45, 7) is 5.02. The molecule has 2 heterocycles. The first kappa shape index (κ1) is 11.1. The SMILES string of the molecule is CC1(C(=O)O)CCN(CCn2cccn2)C1. The molecule has 1 aromatic rings. The average molecular weight is 223 g/mol. The number of aromatic nitrogens is 2. The molecule has 2 rings (SSSR count). The molecule has 0 bridgehead atoms. The largest absolute Gasteiger partial charge is 0.481 e. The van der Waals surface area contributed by atoms with Crippen molar-refractivity contribution in [2.24, 2.45) is 5.41 Å². The van der Waals surface area contributed by atoms with Crippen LogP contribution in [-0.4, -0.2) is 45.4 Å². The van der Waals surface area contributed by atoms with E-state index in [0.29, 0.717) is 6.54 Å². The zero-order chi connectivity index (χ0) is 11.6. The molecule has 1 saturated heterocycles. The van der Waals surface area contributed by atoms with Crippen molar-refractivity contribution >= 4 is 5.97 Å². The number of carbonyl (C=O) groups is 1. The quantitative estimate of drug-likeness (QED) is 0.815. The summed E-state index contributed by atoms with van der Waals surface area (Å²) in [7, 11) is 0. The van der Waals surface area contributed by atoms with Gasteiger partial charge in [-0.05, 0) is 26.0 Å². The Hall–Kier alpha value is -1.36. The number of carboxylic acids is 1. The standard InChI is InChI=1S/C11H17N3O2/c1-11(10(15)16)3-6-13(9-11)7-8-14-5-2-4-12-14/h2,4-5H,3,6-9H2,1H3,(H,15,16). The van der Waals surface area contributed by atoms with Crippen molar-refractivity contribution in [2.45, 2.75) is 19.9 Å². The first-order valence-electron chi connectivity index (χ1n) is 5.53. The number of likely N-dealkylation sites (tertiary alicyclic amines) is 1. The van der Waals surface area contributed by atoms with Crippen molar-refractivity contribution in [1.82, 2.24) is 14.7 Å². The zero-order valence-electron chi connectivity index (χ0n) is 9.46. The van der Waals surface area contributed by atoms with Crippen molar-refractivity contribution in [3.8, 4) is 0 Å². The van der Waals surface area contributed by atoms with Crippen LogP contribution in [0.25, 0.3) is 0 Å². The summed E-state index contributed by atoms with van der Waals surface area (Å²) in [5, 5.41) is 13.2. The van der Waals surface area contributed by atoms with Crippen molar-refractivity contribution in [3.63, 3.8) is 0 Å². The molecule has 5 heteroatoms. The van der Waals surface area contributed by atoms with Crippen LogP contribution in [-0.2, 0) is 11.3 Å². The van der Waals surface area contributed by atoms with Gasteiger partial charge in [0.25, 0.3) is 0 Å². The lowest BCUT2D eigenvalue weighted by Gasteiger charge is -2.19. The molecule has 0 amide bonds. The first-order valence-corrected chi connectivity index (χ1v) is 5.53. The Bertz CT molecular complexity index is 363. The van der Waals surface area contributed by atoms with E-state index in [2.05, 4.69) is 10.00 Å². The number of hydrogen-bond donors (Lipinski definition) is 1. The highest BCUT2D eigenvalue weighted by atomic mass is 16.4. The average Bonchev–Trinajstić information content (AvgIpc) is 2.85. The summed E-state index contributed by atoms with van der Waals surface area (Å²) < 4.78 is 1.87. The van der Waals surface area contributed by atoms with Crippen LogP contribution in [0.15, 0.2) is 18.5 Å². The van der Waals surface area contributed by atoms with Crippen LogP contribution in [0.2, 0.25) is 0 Å². The highest BCUT2D eigenvalue weighted by Crippen LogP contribution is 2.29. The van der Waals surface area contributed by atoms with Crippen LogP contribution in [0.4, 0.5) is 0 Å². The summed E-state index contributed by atoms with van der Waals surface area (Å²) in [6, 6.07) is 1.89. The molecule has 88 valence electrons. The van der Waals surface area contributed by atoms with E-state index in [4.69, 9.17) is 5.11 Å². The minimum Gasteiger partial charge on any atom is -0.481 e. The van der Waals surface area contributed by atoms with E-state index in [1.54, 1.807) is 6.20 Å². The Labute approximate surface area is 94.7 Å². The molecule has 1 aliphatic rings. The minimum atomic E-state index is -0.686. The monoisotopic (exact) mass is 223 g/mol. The molecule has 1 atom stereocenters. The fourth-order valence-corrected chi connectivity index (χ4v) is 2.10. The third-order valence-electron chi connectivity index (χ3n) is 3.27. The van der Waals surface area contributed by atoms with Crippen molar-refractivity contribution in [1.29, 1.82) is 0 Å². The van der Waals surface area contributed by atoms with Crippen LogP contribution in [0.3, 0.4) is 0 Å². The maximum absolute atomic E-state index is 11.1. The van der Waals surface area contributed by atoms with Gasteiger partial charge >= 0.3 is 5.97 Å². The smallest absolute Gasteiger partial charge is 0.310 e. The van der Waals surface area contributed by atoms with Gasteiger partial charge in [0, 0.05) is 25.5 Å². The van der Waals surface area contributed by atoms with Crippen LogP contribution in [0, 0.1) is 5.41 Å². The van der Waals surface area contributed by atoms with Crippen molar-refractivity contribution in [2.75, 3.05) is 19.6 Å². The van der Waals surface area contributed by atoms with E-state index in [-0.39, 0.29) is 0 Å². The fraction of sp³-hybridized carbons (Fsp3) is 0.636. The van der Waals surface area contributed by atoms with E-state index in [0.717, 1.165) is 26.1 Å². The summed E-state index contributed by atoms with van der Waals surface area (Å²) in [5.74, 6) is -0.686. The molecular formula is C11H17N3O2. The van der Waals surface area contributed by atoms with Crippen molar-refractivity contribution < 1.29 is 9.90 Å². The van der Waals surface area contributed by atoms with Crippen LogP contribution >= 0.6 is 0 Å². The molecule has 1 aromatic heterocycles. The highest BCUT2D eigenvalue weighted by molar-refractivity contribution is 5.74. The van der Waals surface area contributed by atoms with Gasteiger partial charge in [-0.3, -0.25) is 9.48 Å². The van der Waals surface area contributed by atoms with Gasteiger partial charge in [0.1, 0.15) is 0 Å². The highest BCUT2D eigenvalue weighted by Gasteiger charge is 2.39. The Morgan fingerprint density at radius 3 is 2.94 bits per heavy atom. The summed E-state index contributed by atoms with van der Waals surface area (Å²) >= 11 is 0. The molecule has 0 radical (unpaired) electrons. The van der Waals surface area contributed by atoms with E-state index < -0.39 is 11.4 Å². The van der Waals surface area contributed by atoms with Gasteiger partial charge in [0.05, 0.1) is 12.0 Å². The molecule has 0 spiro atoms. The summed E-state index contributed by atoms with van der Waals surface area (Å²) in [6.07, 6.45) is 4.42. The van der Waals surface area contributed by atoms with Gasteiger partial charge in [-0.25, -0.2) is 0 Å². The lowest BCUT2D eigenvalue weighted by atomic mass is 9.90. The molecule has 0 aliphatic carbocycles. The number of hydrogen-bond acceptors (Lipinski definition) is 3.